The van der Waals surface area contributed by atoms with Crippen molar-refractivity contribution in [3.8, 4) is 0 Å². The highest BCUT2D eigenvalue weighted by Gasteiger charge is 2.20. The molecule has 0 saturated heterocycles. The van der Waals surface area contributed by atoms with Gasteiger partial charge in [0.05, 0.1) is 9.82 Å². The van der Waals surface area contributed by atoms with Gasteiger partial charge in [0.15, 0.2) is 0 Å². The van der Waals surface area contributed by atoms with Gasteiger partial charge in [-0.1, -0.05) is 0 Å². The molecule has 0 saturated carbocycles. The first-order chi connectivity index (χ1) is 8.24. The van der Waals surface area contributed by atoms with Crippen molar-refractivity contribution in [2.24, 2.45) is 0 Å². The molecule has 0 amide bonds. The third kappa shape index (κ3) is 3.61. The Morgan fingerprint density at radius 3 is 2.56 bits per heavy atom. The van der Waals surface area contributed by atoms with Crippen LogP contribution in [0, 0.1) is 13.7 Å². The quantitative estimate of drug-likeness (QED) is 0.433. The van der Waals surface area contributed by atoms with Gasteiger partial charge in [0.1, 0.15) is 6.54 Å². The van der Waals surface area contributed by atoms with Crippen LogP contribution in [-0.4, -0.2) is 31.0 Å². The monoisotopic (exact) mass is 386 g/mol. The van der Waals surface area contributed by atoms with Crippen LogP contribution in [0.5, 0.6) is 0 Å². The van der Waals surface area contributed by atoms with Gasteiger partial charge in [-0.15, -0.1) is 0 Å². The lowest BCUT2D eigenvalue weighted by Gasteiger charge is -2.06. The number of hydrogen-bond donors (Lipinski definition) is 2. The van der Waals surface area contributed by atoms with E-state index in [1.165, 1.54) is 0 Å². The Hall–Kier alpha value is -1.27. The molecule has 0 fully saturated rings. The fraction of sp³-hybridized carbons (Fsp3) is 0.125. The Morgan fingerprint density at radius 2 is 2.11 bits per heavy atom. The molecule has 0 aliphatic carbocycles. The Labute approximate surface area is 115 Å². The lowest BCUT2D eigenvalue weighted by Crippen LogP contribution is -2.29. The molecule has 0 heterocycles. The van der Waals surface area contributed by atoms with E-state index in [2.05, 4.69) is 0 Å². The van der Waals surface area contributed by atoms with E-state index in [4.69, 9.17) is 5.11 Å². The van der Waals surface area contributed by atoms with Crippen LogP contribution in [0.4, 0.5) is 5.69 Å². The molecule has 1 aromatic rings. The zero-order valence-corrected chi connectivity index (χ0v) is 11.6. The normalized spacial score (nSPS) is 11.2. The maximum absolute atomic E-state index is 11.7. The number of nitro benzene ring substituents is 1. The second-order valence-electron chi connectivity index (χ2n) is 3.09. The molecule has 0 atom stereocenters. The number of nitrogens with zero attached hydrogens (tertiary/aromatic N) is 1. The summed E-state index contributed by atoms with van der Waals surface area (Å²) < 4.78 is 25.4. The highest BCUT2D eigenvalue weighted by atomic mass is 127. The minimum absolute atomic E-state index is 0.139. The summed E-state index contributed by atoms with van der Waals surface area (Å²) in [6.45, 7) is -0.755. The summed E-state index contributed by atoms with van der Waals surface area (Å²) in [5.41, 5.74) is -0.239. The van der Waals surface area contributed by atoms with Gasteiger partial charge in [-0.05, 0) is 28.7 Å². The second kappa shape index (κ2) is 5.58. The lowest BCUT2D eigenvalue weighted by atomic mass is 10.3. The molecule has 0 spiro atoms. The van der Waals surface area contributed by atoms with Crippen molar-refractivity contribution in [2.45, 2.75) is 4.90 Å². The molecule has 98 valence electrons. The number of rotatable bonds is 5. The molecule has 8 nitrogen and oxygen atoms in total. The molecule has 0 aliphatic heterocycles. The number of carboxylic acid groups (broad SMARTS) is 1. The number of sulfonamides is 1. The fourth-order valence-electron chi connectivity index (χ4n) is 1.06. The summed E-state index contributed by atoms with van der Waals surface area (Å²) in [6, 6.07) is 3.19. The molecular weight excluding hydrogens is 379 g/mol. The Balaban J connectivity index is 3.10. The maximum atomic E-state index is 11.7. The van der Waals surface area contributed by atoms with Crippen molar-refractivity contribution in [3.63, 3.8) is 0 Å². The third-order valence-electron chi connectivity index (χ3n) is 1.83. The van der Waals surface area contributed by atoms with Crippen LogP contribution in [0.2, 0.25) is 0 Å². The number of carbonyl (C=O) groups is 1. The minimum atomic E-state index is -3.99. The van der Waals surface area contributed by atoms with Gasteiger partial charge >= 0.3 is 5.97 Å². The second-order valence-corrected chi connectivity index (χ2v) is 5.99. The summed E-state index contributed by atoms with van der Waals surface area (Å²) in [7, 11) is -3.99. The Bertz CT molecular complexity index is 600. The van der Waals surface area contributed by atoms with Gasteiger partial charge < -0.3 is 5.11 Å². The van der Waals surface area contributed by atoms with Crippen LogP contribution in [-0.2, 0) is 14.8 Å². The zero-order chi connectivity index (χ0) is 13.9. The number of aliphatic carboxylic acids is 1. The van der Waals surface area contributed by atoms with Gasteiger partial charge in [-0.2, -0.15) is 4.72 Å². The predicted octanol–water partition coefficient (Wildman–Crippen LogP) is 0.562. The molecule has 0 aromatic heterocycles. The van der Waals surface area contributed by atoms with Gasteiger partial charge in [0.25, 0.3) is 5.69 Å². The summed E-state index contributed by atoms with van der Waals surface area (Å²) >= 11 is 1.63. The van der Waals surface area contributed by atoms with Gasteiger partial charge in [0, 0.05) is 15.7 Å². The highest BCUT2D eigenvalue weighted by molar-refractivity contribution is 14.1. The Morgan fingerprint density at radius 1 is 1.50 bits per heavy atom. The van der Waals surface area contributed by atoms with Gasteiger partial charge in [0.2, 0.25) is 10.0 Å². The standard InChI is InChI=1S/C8H7IN2O6S/c9-6-3-5(11(14)15)1-2-7(6)18(16,17)10-4-8(12)13/h1-3,10H,4H2,(H,12,13). The molecule has 1 aromatic carbocycles. The summed E-state index contributed by atoms with van der Waals surface area (Å²) in [4.78, 5) is 19.9. The molecule has 2 N–H and O–H groups in total. The average molecular weight is 386 g/mol. The first kappa shape index (κ1) is 14.8. The molecule has 0 radical (unpaired) electrons. The van der Waals surface area contributed by atoms with Crippen LogP contribution in [0.15, 0.2) is 23.1 Å². The van der Waals surface area contributed by atoms with Gasteiger partial charge in [-0.25, -0.2) is 8.42 Å². The van der Waals surface area contributed by atoms with Crippen molar-refractivity contribution >= 4 is 44.3 Å². The van der Waals surface area contributed by atoms with E-state index in [0.29, 0.717) is 0 Å². The van der Waals surface area contributed by atoms with E-state index in [-0.39, 0.29) is 14.2 Å². The molecule has 0 unspecified atom stereocenters. The molecule has 0 bridgehead atoms. The van der Waals surface area contributed by atoms with Crippen LogP contribution in [0.25, 0.3) is 0 Å². The van der Waals surface area contributed by atoms with E-state index < -0.39 is 27.5 Å². The lowest BCUT2D eigenvalue weighted by molar-refractivity contribution is -0.385. The number of benzene rings is 1. The van der Waals surface area contributed by atoms with E-state index >= 15 is 0 Å². The third-order valence-corrected chi connectivity index (χ3v) is 4.55. The summed E-state index contributed by atoms with van der Waals surface area (Å²) in [6.07, 6.45) is 0. The van der Waals surface area contributed by atoms with Crippen LogP contribution in [0.1, 0.15) is 0 Å². The fourth-order valence-corrected chi connectivity index (χ4v) is 3.46. The predicted molar refractivity (Wildman–Crippen MR) is 68.6 cm³/mol. The van der Waals surface area contributed by atoms with E-state index in [9.17, 15) is 23.3 Å². The van der Waals surface area contributed by atoms with Crippen LogP contribution in [0.3, 0.4) is 0 Å². The zero-order valence-electron chi connectivity index (χ0n) is 8.66. The molecular formula is C8H7IN2O6S. The number of halogens is 1. The van der Waals surface area contributed by atoms with E-state index in [1.807, 2.05) is 4.72 Å². The smallest absolute Gasteiger partial charge is 0.318 e. The number of hydrogen-bond acceptors (Lipinski definition) is 5. The largest absolute Gasteiger partial charge is 0.480 e. The van der Waals surface area contributed by atoms with Crippen molar-refractivity contribution in [1.29, 1.82) is 0 Å². The molecule has 0 aliphatic rings. The SMILES string of the molecule is O=C(O)CNS(=O)(=O)c1ccc([N+](=O)[O-])cc1I. The molecule has 10 heteroatoms. The van der Waals surface area contributed by atoms with Crippen molar-refractivity contribution in [1.82, 2.24) is 4.72 Å². The molecule has 18 heavy (non-hydrogen) atoms. The first-order valence-corrected chi connectivity index (χ1v) is 6.95. The molecule has 1 rings (SSSR count). The van der Waals surface area contributed by atoms with Crippen molar-refractivity contribution in [2.75, 3.05) is 6.54 Å². The average Bonchev–Trinajstić information content (AvgIpc) is 2.26. The summed E-state index contributed by atoms with van der Waals surface area (Å²) in [5, 5.41) is 18.9. The topological polar surface area (TPSA) is 127 Å². The van der Waals surface area contributed by atoms with Crippen molar-refractivity contribution < 1.29 is 23.2 Å². The van der Waals surface area contributed by atoms with Crippen LogP contribution >= 0.6 is 22.6 Å². The first-order valence-electron chi connectivity index (χ1n) is 4.39. The van der Waals surface area contributed by atoms with Crippen molar-refractivity contribution in [3.05, 3.63) is 31.9 Å². The summed E-state index contributed by atoms with van der Waals surface area (Å²) in [5.74, 6) is -1.32. The van der Waals surface area contributed by atoms with Crippen LogP contribution < -0.4 is 4.72 Å². The highest BCUT2D eigenvalue weighted by Crippen LogP contribution is 2.23. The number of nitrogens with one attached hydrogen (secondary N) is 1. The number of non-ortho nitro benzene ring substituents is 1. The number of nitro groups is 1. The minimum Gasteiger partial charge on any atom is -0.480 e. The number of carboxylic acids is 1. The Kier molecular flexibility index (Phi) is 4.59. The van der Waals surface area contributed by atoms with E-state index in [1.54, 1.807) is 22.6 Å². The maximum Gasteiger partial charge on any atom is 0.318 e. The van der Waals surface area contributed by atoms with E-state index in [0.717, 1.165) is 18.2 Å². The van der Waals surface area contributed by atoms with Gasteiger partial charge in [-0.3, -0.25) is 14.9 Å².